The first-order chi connectivity index (χ1) is 12.4. The van der Waals surface area contributed by atoms with Crippen LogP contribution < -0.4 is 4.90 Å². The Morgan fingerprint density at radius 3 is 2.54 bits per heavy atom. The van der Waals surface area contributed by atoms with Crippen LogP contribution in [-0.4, -0.2) is 31.2 Å². The minimum atomic E-state index is -2.35. The van der Waals surface area contributed by atoms with Crippen LogP contribution in [0.2, 0.25) is 0 Å². The van der Waals surface area contributed by atoms with Gasteiger partial charge in [-0.25, -0.2) is 4.78 Å². The zero-order chi connectivity index (χ0) is 18.5. The Labute approximate surface area is 162 Å². The second-order valence-corrected chi connectivity index (χ2v) is 11.9. The third kappa shape index (κ3) is 2.67. The average molecular weight is 390 g/mol. The number of likely N-dealkylation sites (N-methyl/N-ethyl adjacent to an activating group) is 1. The predicted octanol–water partition coefficient (Wildman–Crippen LogP) is 5.22. The minimum absolute atomic E-state index is 0.113. The van der Waals surface area contributed by atoms with Gasteiger partial charge < -0.3 is 9.42 Å². The summed E-state index contributed by atoms with van der Waals surface area (Å²) in [5, 5.41) is 5.70. The second kappa shape index (κ2) is 6.47. The van der Waals surface area contributed by atoms with E-state index in [1.807, 2.05) is 18.0 Å². The van der Waals surface area contributed by atoms with Crippen molar-refractivity contribution in [2.45, 2.75) is 57.5 Å². The van der Waals surface area contributed by atoms with E-state index in [9.17, 15) is 0 Å². The van der Waals surface area contributed by atoms with Crippen molar-refractivity contribution in [1.29, 1.82) is 0 Å². The third-order valence-electron chi connectivity index (χ3n) is 5.99. The maximum absolute atomic E-state index is 6.66. The molecule has 3 aliphatic rings. The van der Waals surface area contributed by atoms with Gasteiger partial charge >= 0.3 is 0 Å². The quantitative estimate of drug-likeness (QED) is 0.649. The average Bonchev–Trinajstić information content (AvgIpc) is 3.01. The molecule has 0 saturated heterocycles. The molecule has 1 aliphatic carbocycles. The SMILES string of the molecule is CN1C(=C2C=NN(C)P2(=S)OC2CCCCC2)C(C)(C)c2ccccc21. The van der Waals surface area contributed by atoms with Crippen LogP contribution in [0.5, 0.6) is 0 Å². The summed E-state index contributed by atoms with van der Waals surface area (Å²) in [4.78, 5) is 2.29. The third-order valence-corrected chi connectivity index (χ3v) is 9.93. The Hall–Kier alpha value is -1.16. The van der Waals surface area contributed by atoms with Crippen LogP contribution in [0.25, 0.3) is 0 Å². The summed E-state index contributed by atoms with van der Waals surface area (Å²) in [6.45, 7) is 4.56. The molecule has 1 fully saturated rings. The van der Waals surface area contributed by atoms with Crippen LogP contribution in [0.15, 0.2) is 40.4 Å². The minimum Gasteiger partial charge on any atom is -0.346 e. The summed E-state index contributed by atoms with van der Waals surface area (Å²) in [5.74, 6) is 0. The highest BCUT2D eigenvalue weighted by Gasteiger charge is 2.46. The molecule has 0 radical (unpaired) electrons. The number of hydrazone groups is 1. The van der Waals surface area contributed by atoms with Crippen LogP contribution in [0.1, 0.15) is 51.5 Å². The van der Waals surface area contributed by atoms with Crippen molar-refractivity contribution in [1.82, 2.24) is 4.78 Å². The molecule has 0 N–H and O–H groups in total. The largest absolute Gasteiger partial charge is 0.346 e. The van der Waals surface area contributed by atoms with Crippen LogP contribution in [0.3, 0.4) is 0 Å². The summed E-state index contributed by atoms with van der Waals surface area (Å²) >= 11 is 6.20. The zero-order valence-electron chi connectivity index (χ0n) is 16.1. The second-order valence-electron chi connectivity index (χ2n) is 8.05. The van der Waals surface area contributed by atoms with Crippen LogP contribution in [-0.2, 0) is 21.7 Å². The smallest absolute Gasteiger partial charge is 0.204 e. The molecule has 1 unspecified atom stereocenters. The van der Waals surface area contributed by atoms with E-state index in [-0.39, 0.29) is 11.5 Å². The molecule has 1 aromatic carbocycles. The van der Waals surface area contributed by atoms with Crippen molar-refractivity contribution >= 4 is 30.1 Å². The number of anilines is 1. The Balaban J connectivity index is 1.80. The van der Waals surface area contributed by atoms with Crippen LogP contribution >= 0.6 is 6.42 Å². The Bertz CT molecular complexity index is 826. The predicted molar refractivity (Wildman–Crippen MR) is 113 cm³/mol. The fourth-order valence-corrected chi connectivity index (χ4v) is 7.73. The standard InChI is InChI=1S/C20H28N3OPS/c1-20(2)16-12-8-9-13-17(16)22(3)19(20)18-14-21-23(4)25(18,26)24-15-10-6-5-7-11-15/h8-9,12-15H,5-7,10-11H2,1-4H3. The molecule has 1 atom stereocenters. The number of rotatable bonds is 2. The van der Waals surface area contributed by atoms with Gasteiger partial charge in [0.05, 0.1) is 17.6 Å². The van der Waals surface area contributed by atoms with Crippen LogP contribution in [0, 0.1) is 0 Å². The lowest BCUT2D eigenvalue weighted by Crippen LogP contribution is -2.26. The fourth-order valence-electron chi connectivity index (χ4n) is 4.58. The summed E-state index contributed by atoms with van der Waals surface area (Å²) < 4.78 is 8.58. The highest BCUT2D eigenvalue weighted by atomic mass is 32.4. The number of hydrogen-bond acceptors (Lipinski definition) is 4. The Morgan fingerprint density at radius 2 is 1.85 bits per heavy atom. The molecule has 2 heterocycles. The van der Waals surface area contributed by atoms with Crippen molar-refractivity contribution in [2.75, 3.05) is 19.0 Å². The molecule has 1 saturated carbocycles. The van der Waals surface area contributed by atoms with E-state index in [1.54, 1.807) is 0 Å². The maximum Gasteiger partial charge on any atom is 0.204 e. The monoisotopic (exact) mass is 389 g/mol. The highest BCUT2D eigenvalue weighted by Crippen LogP contribution is 2.65. The van der Waals surface area contributed by atoms with E-state index in [0.29, 0.717) is 0 Å². The zero-order valence-corrected chi connectivity index (χ0v) is 17.8. The van der Waals surface area contributed by atoms with Gasteiger partial charge in [-0.3, -0.25) is 0 Å². The molecule has 6 heteroatoms. The van der Waals surface area contributed by atoms with Gasteiger partial charge in [0.2, 0.25) is 6.42 Å². The van der Waals surface area contributed by atoms with E-state index in [0.717, 1.165) is 18.2 Å². The molecule has 0 bridgehead atoms. The van der Waals surface area contributed by atoms with Gasteiger partial charge in [0.25, 0.3) is 0 Å². The van der Waals surface area contributed by atoms with Gasteiger partial charge in [-0.1, -0.05) is 51.3 Å². The summed E-state index contributed by atoms with van der Waals surface area (Å²) in [7, 11) is 4.12. The maximum atomic E-state index is 6.66. The number of allylic oxidation sites excluding steroid dienone is 2. The van der Waals surface area contributed by atoms with E-state index in [2.05, 4.69) is 55.2 Å². The molecule has 0 amide bonds. The first-order valence-corrected chi connectivity index (χ1v) is 12.2. The van der Waals surface area contributed by atoms with Gasteiger partial charge in [-0.05, 0) is 36.3 Å². The molecular weight excluding hydrogens is 361 g/mol. The number of fused-ring (bicyclic) bond motifs is 1. The number of hydrogen-bond donors (Lipinski definition) is 0. The lowest BCUT2D eigenvalue weighted by Gasteiger charge is -2.34. The topological polar surface area (TPSA) is 28.1 Å². The normalized spacial score (nSPS) is 30.9. The molecule has 4 rings (SSSR count). The van der Waals surface area contributed by atoms with E-state index in [4.69, 9.17) is 16.3 Å². The van der Waals surface area contributed by atoms with Crippen molar-refractivity contribution in [3.05, 3.63) is 40.8 Å². The molecule has 26 heavy (non-hydrogen) atoms. The van der Waals surface area contributed by atoms with Crippen LogP contribution in [0.4, 0.5) is 5.69 Å². The molecule has 0 aromatic heterocycles. The molecular formula is C20H28N3OPS. The molecule has 2 aliphatic heterocycles. The van der Waals surface area contributed by atoms with Crippen molar-refractivity contribution in [3.63, 3.8) is 0 Å². The van der Waals surface area contributed by atoms with Gasteiger partial charge in [-0.15, -0.1) is 0 Å². The Kier molecular flexibility index (Phi) is 4.53. The molecule has 140 valence electrons. The van der Waals surface area contributed by atoms with Gasteiger partial charge in [-0.2, -0.15) is 5.10 Å². The highest BCUT2D eigenvalue weighted by molar-refractivity contribution is 8.13. The van der Waals surface area contributed by atoms with Gasteiger partial charge in [0.15, 0.2) is 0 Å². The van der Waals surface area contributed by atoms with E-state index in [1.165, 1.54) is 36.2 Å². The molecule has 0 spiro atoms. The lowest BCUT2D eigenvalue weighted by molar-refractivity contribution is 0.163. The lowest BCUT2D eigenvalue weighted by atomic mass is 9.84. The number of nitrogens with zero attached hydrogens (tertiary/aromatic N) is 3. The number of para-hydroxylation sites is 1. The summed E-state index contributed by atoms with van der Waals surface area (Å²) in [5.41, 5.74) is 3.72. The van der Waals surface area contributed by atoms with E-state index >= 15 is 0 Å². The van der Waals surface area contributed by atoms with Crippen molar-refractivity contribution in [2.24, 2.45) is 5.10 Å². The Morgan fingerprint density at radius 1 is 1.15 bits per heavy atom. The van der Waals surface area contributed by atoms with Gasteiger partial charge in [0, 0.05) is 30.9 Å². The van der Waals surface area contributed by atoms with Crippen molar-refractivity contribution in [3.8, 4) is 0 Å². The molecule has 1 aromatic rings. The fraction of sp³-hybridized carbons (Fsp3) is 0.550. The summed E-state index contributed by atoms with van der Waals surface area (Å²) in [6, 6.07) is 8.63. The van der Waals surface area contributed by atoms with Crippen molar-refractivity contribution < 1.29 is 4.52 Å². The first kappa shape index (κ1) is 18.2. The first-order valence-electron chi connectivity index (χ1n) is 9.51. The molecule has 4 nitrogen and oxygen atoms in total. The number of benzene rings is 1. The van der Waals surface area contributed by atoms with Gasteiger partial charge in [0.1, 0.15) is 0 Å². The summed E-state index contributed by atoms with van der Waals surface area (Å²) in [6.07, 6.45) is 5.92. The van der Waals surface area contributed by atoms with E-state index < -0.39 is 6.42 Å².